The summed E-state index contributed by atoms with van der Waals surface area (Å²) in [6, 6.07) is 15.9. The summed E-state index contributed by atoms with van der Waals surface area (Å²) in [5, 5.41) is 2.00. The van der Waals surface area contributed by atoms with Crippen molar-refractivity contribution in [2.24, 2.45) is 0 Å². The lowest BCUT2D eigenvalue weighted by Crippen LogP contribution is -2.35. The Bertz CT molecular complexity index is 1200. The van der Waals surface area contributed by atoms with Gasteiger partial charge in [-0.25, -0.2) is 8.42 Å². The maximum atomic E-state index is 13.3. The van der Waals surface area contributed by atoms with E-state index in [1.165, 1.54) is 15.2 Å². The molecule has 0 aliphatic carbocycles. The Morgan fingerprint density at radius 2 is 1.94 bits per heavy atom. The van der Waals surface area contributed by atoms with Crippen LogP contribution in [0.1, 0.15) is 33.3 Å². The summed E-state index contributed by atoms with van der Waals surface area (Å²) < 4.78 is 33.2. The van der Waals surface area contributed by atoms with Crippen LogP contribution >= 0.6 is 11.3 Å². The molecule has 2 aromatic carbocycles. The van der Waals surface area contributed by atoms with Gasteiger partial charge in [0.15, 0.2) is 0 Å². The molecule has 0 bridgehead atoms. The van der Waals surface area contributed by atoms with Crippen LogP contribution in [0, 0.1) is 0 Å². The van der Waals surface area contributed by atoms with Crippen molar-refractivity contribution in [3.8, 4) is 5.75 Å². The van der Waals surface area contributed by atoms with Gasteiger partial charge in [0.1, 0.15) is 5.75 Å². The fourth-order valence-electron chi connectivity index (χ4n) is 3.83. The SMILES string of the molecule is CCN(Cc1ccc(OC)cc1)C(=O)c1cccc(S(=O)(=O)N2CCc3sccc3C2)c1. The van der Waals surface area contributed by atoms with Crippen LogP contribution in [-0.4, -0.2) is 43.7 Å². The van der Waals surface area contributed by atoms with Gasteiger partial charge in [-0.3, -0.25) is 4.79 Å². The number of methoxy groups -OCH3 is 1. The van der Waals surface area contributed by atoms with Crippen LogP contribution < -0.4 is 4.74 Å². The van der Waals surface area contributed by atoms with Gasteiger partial charge < -0.3 is 9.64 Å². The molecule has 1 amide bonds. The number of sulfonamides is 1. The van der Waals surface area contributed by atoms with Crippen LogP contribution in [-0.2, 0) is 29.5 Å². The van der Waals surface area contributed by atoms with Crippen molar-refractivity contribution < 1.29 is 17.9 Å². The van der Waals surface area contributed by atoms with Gasteiger partial charge in [-0.15, -0.1) is 11.3 Å². The van der Waals surface area contributed by atoms with Crippen molar-refractivity contribution in [2.75, 3.05) is 20.2 Å². The van der Waals surface area contributed by atoms with Gasteiger partial charge in [-0.2, -0.15) is 4.31 Å². The average molecular weight is 471 g/mol. The first-order valence-corrected chi connectivity index (χ1v) is 12.8. The summed E-state index contributed by atoms with van der Waals surface area (Å²) in [5.74, 6) is 0.562. The zero-order chi connectivity index (χ0) is 22.7. The summed E-state index contributed by atoms with van der Waals surface area (Å²) in [4.78, 5) is 16.3. The number of ether oxygens (including phenoxy) is 1. The molecule has 2 heterocycles. The second-order valence-corrected chi connectivity index (χ2v) is 10.6. The van der Waals surface area contributed by atoms with Crippen LogP contribution in [0.2, 0.25) is 0 Å². The summed E-state index contributed by atoms with van der Waals surface area (Å²) in [6.45, 7) is 3.68. The molecule has 0 radical (unpaired) electrons. The molecule has 4 rings (SSSR count). The van der Waals surface area contributed by atoms with Gasteiger partial charge in [-0.05, 0) is 66.2 Å². The lowest BCUT2D eigenvalue weighted by Gasteiger charge is -2.26. The van der Waals surface area contributed by atoms with Crippen molar-refractivity contribution >= 4 is 27.3 Å². The molecule has 0 atom stereocenters. The third-order valence-corrected chi connectivity index (χ3v) is 8.56. The molecule has 6 nitrogen and oxygen atoms in total. The smallest absolute Gasteiger partial charge is 0.254 e. The topological polar surface area (TPSA) is 66.9 Å². The van der Waals surface area contributed by atoms with E-state index in [2.05, 4.69) is 0 Å². The molecule has 3 aromatic rings. The summed E-state index contributed by atoms with van der Waals surface area (Å²) in [6.07, 6.45) is 0.719. The molecule has 0 unspecified atom stereocenters. The number of carbonyl (C=O) groups is 1. The number of hydrogen-bond acceptors (Lipinski definition) is 5. The maximum absolute atomic E-state index is 13.3. The van der Waals surface area contributed by atoms with Crippen LogP contribution in [0.5, 0.6) is 5.75 Å². The maximum Gasteiger partial charge on any atom is 0.254 e. The lowest BCUT2D eigenvalue weighted by molar-refractivity contribution is 0.0752. The van der Waals surface area contributed by atoms with Gasteiger partial charge in [0.25, 0.3) is 5.91 Å². The minimum absolute atomic E-state index is 0.155. The predicted molar refractivity (Wildman–Crippen MR) is 125 cm³/mol. The highest BCUT2D eigenvalue weighted by atomic mass is 32.2. The van der Waals surface area contributed by atoms with Crippen LogP contribution in [0.25, 0.3) is 0 Å². The number of carbonyl (C=O) groups excluding carboxylic acids is 1. The molecule has 0 fully saturated rings. The second kappa shape index (κ2) is 9.44. The van der Waals surface area contributed by atoms with E-state index in [9.17, 15) is 13.2 Å². The molecule has 1 aromatic heterocycles. The zero-order valence-corrected chi connectivity index (χ0v) is 19.8. The number of hydrogen-bond donors (Lipinski definition) is 0. The quantitative estimate of drug-likeness (QED) is 0.520. The van der Waals surface area contributed by atoms with Gasteiger partial charge in [0.05, 0.1) is 12.0 Å². The Hall–Kier alpha value is -2.68. The van der Waals surface area contributed by atoms with E-state index in [1.807, 2.05) is 42.6 Å². The zero-order valence-electron chi connectivity index (χ0n) is 18.2. The highest BCUT2D eigenvalue weighted by Gasteiger charge is 2.29. The van der Waals surface area contributed by atoms with E-state index >= 15 is 0 Å². The minimum Gasteiger partial charge on any atom is -0.497 e. The first-order chi connectivity index (χ1) is 15.4. The number of amides is 1. The lowest BCUT2D eigenvalue weighted by atomic mass is 10.1. The molecule has 0 saturated carbocycles. The monoisotopic (exact) mass is 470 g/mol. The first kappa shape index (κ1) is 22.5. The minimum atomic E-state index is -3.68. The molecular formula is C24H26N2O4S2. The van der Waals surface area contributed by atoms with Crippen molar-refractivity contribution in [1.29, 1.82) is 0 Å². The molecule has 0 spiro atoms. The number of thiophene rings is 1. The Balaban J connectivity index is 1.53. The van der Waals surface area contributed by atoms with Gasteiger partial charge in [0.2, 0.25) is 10.0 Å². The molecule has 0 saturated heterocycles. The largest absolute Gasteiger partial charge is 0.497 e. The van der Waals surface area contributed by atoms with E-state index in [0.29, 0.717) is 31.7 Å². The standard InChI is InChI=1S/C24H26N2O4S2/c1-3-25(16-18-7-9-21(30-2)10-8-18)24(27)19-5-4-6-22(15-19)32(28,29)26-13-11-23-20(17-26)12-14-31-23/h4-10,12,14-15H,3,11,13,16-17H2,1-2H3. The van der Waals surface area contributed by atoms with E-state index in [-0.39, 0.29) is 10.8 Å². The second-order valence-electron chi connectivity index (χ2n) is 7.65. The molecule has 0 N–H and O–H groups in total. The molecule has 1 aliphatic rings. The summed E-state index contributed by atoms with van der Waals surface area (Å²) >= 11 is 1.67. The Morgan fingerprint density at radius 1 is 1.16 bits per heavy atom. The number of fused-ring (bicyclic) bond motifs is 1. The Labute approximate surface area is 193 Å². The van der Waals surface area contributed by atoms with Crippen molar-refractivity contribution in [3.05, 3.63) is 81.5 Å². The third-order valence-electron chi connectivity index (χ3n) is 5.69. The highest BCUT2D eigenvalue weighted by Crippen LogP contribution is 2.28. The summed E-state index contributed by atoms with van der Waals surface area (Å²) in [5.41, 5.74) is 2.41. The molecular weight excluding hydrogens is 444 g/mol. The fourth-order valence-corrected chi connectivity index (χ4v) is 6.18. The van der Waals surface area contributed by atoms with Gasteiger partial charge in [0, 0.05) is 36.6 Å². The molecule has 168 valence electrons. The highest BCUT2D eigenvalue weighted by molar-refractivity contribution is 7.89. The van der Waals surface area contributed by atoms with Crippen molar-refractivity contribution in [1.82, 2.24) is 9.21 Å². The normalized spacial score (nSPS) is 14.1. The first-order valence-electron chi connectivity index (χ1n) is 10.5. The fraction of sp³-hybridized carbons (Fsp3) is 0.292. The van der Waals surface area contributed by atoms with E-state index in [0.717, 1.165) is 23.3 Å². The average Bonchev–Trinajstić information content (AvgIpc) is 3.30. The Kier molecular flexibility index (Phi) is 6.64. The number of rotatable bonds is 7. The molecule has 32 heavy (non-hydrogen) atoms. The van der Waals surface area contributed by atoms with Crippen molar-refractivity contribution in [2.45, 2.75) is 31.3 Å². The molecule has 1 aliphatic heterocycles. The molecule has 8 heteroatoms. The van der Waals surface area contributed by atoms with E-state index in [1.54, 1.807) is 41.5 Å². The summed E-state index contributed by atoms with van der Waals surface area (Å²) in [7, 11) is -2.07. The van der Waals surface area contributed by atoms with Gasteiger partial charge in [-0.1, -0.05) is 18.2 Å². The van der Waals surface area contributed by atoms with Crippen molar-refractivity contribution in [3.63, 3.8) is 0 Å². The third kappa shape index (κ3) is 4.57. The van der Waals surface area contributed by atoms with Crippen LogP contribution in [0.3, 0.4) is 0 Å². The predicted octanol–water partition coefficient (Wildman–Crippen LogP) is 4.17. The van der Waals surface area contributed by atoms with Crippen LogP contribution in [0.15, 0.2) is 64.9 Å². The Morgan fingerprint density at radius 3 is 2.66 bits per heavy atom. The number of benzene rings is 2. The van der Waals surface area contributed by atoms with Crippen LogP contribution in [0.4, 0.5) is 0 Å². The van der Waals surface area contributed by atoms with Gasteiger partial charge >= 0.3 is 0 Å². The number of nitrogens with zero attached hydrogens (tertiary/aromatic N) is 2. The van der Waals surface area contributed by atoms with E-state index in [4.69, 9.17) is 4.74 Å². The van der Waals surface area contributed by atoms with E-state index < -0.39 is 10.0 Å².